The van der Waals surface area contributed by atoms with E-state index in [4.69, 9.17) is 0 Å². The van der Waals surface area contributed by atoms with E-state index in [1.165, 1.54) is 13.8 Å². The number of imide groups is 1. The minimum absolute atomic E-state index is 0.561. The summed E-state index contributed by atoms with van der Waals surface area (Å²) in [6.07, 6.45) is 0.871. The van der Waals surface area contributed by atoms with Crippen LogP contribution in [0.5, 0.6) is 0 Å². The maximum Gasteiger partial charge on any atom is 0.329 e. The minimum Gasteiger partial charge on any atom is -0.480 e. The molecule has 1 aliphatic rings. The lowest BCUT2D eigenvalue weighted by Gasteiger charge is -2.30. The van der Waals surface area contributed by atoms with Crippen LogP contribution in [0, 0.1) is 0 Å². The normalized spacial score (nSPS) is 21.9. The molecular weight excluding hydrogens is 284 g/mol. The number of carbonyl (C=O) groups excluding carboxylic acids is 2. The van der Waals surface area contributed by atoms with Crippen LogP contribution in [-0.2, 0) is 21.5 Å². The van der Waals surface area contributed by atoms with E-state index in [-0.39, 0.29) is 0 Å². The van der Waals surface area contributed by atoms with Gasteiger partial charge in [-0.3, -0.25) is 4.79 Å². The molecule has 3 amide bonds. The van der Waals surface area contributed by atoms with E-state index in [1.807, 2.05) is 19.1 Å². The molecule has 118 valence electrons. The third kappa shape index (κ3) is 2.24. The summed E-state index contributed by atoms with van der Waals surface area (Å²) in [5, 5.41) is 11.9. The molecule has 0 aromatic heterocycles. The highest BCUT2D eigenvalue weighted by Gasteiger charge is 2.55. The SMILES string of the molecule is CCc1ccc(C2(C)NC(=O)N(C(C)(C)C(=O)O)C2=O)cc1. The topological polar surface area (TPSA) is 86.7 Å². The highest BCUT2D eigenvalue weighted by molar-refractivity contribution is 6.10. The second-order valence-electron chi connectivity index (χ2n) is 6.11. The zero-order chi connectivity index (χ0) is 16.7. The Hall–Kier alpha value is -2.37. The van der Waals surface area contributed by atoms with Crippen LogP contribution in [0.1, 0.15) is 38.8 Å². The summed E-state index contributed by atoms with van der Waals surface area (Å²) >= 11 is 0. The molecule has 1 saturated heterocycles. The molecule has 0 bridgehead atoms. The van der Waals surface area contributed by atoms with E-state index in [2.05, 4.69) is 5.32 Å². The Morgan fingerprint density at radius 3 is 2.27 bits per heavy atom. The maximum absolute atomic E-state index is 12.7. The number of amides is 3. The molecule has 0 spiro atoms. The smallest absolute Gasteiger partial charge is 0.329 e. The summed E-state index contributed by atoms with van der Waals surface area (Å²) in [6.45, 7) is 6.28. The molecule has 2 N–H and O–H groups in total. The van der Waals surface area contributed by atoms with Crippen molar-refractivity contribution in [3.05, 3.63) is 35.4 Å². The van der Waals surface area contributed by atoms with E-state index in [1.54, 1.807) is 19.1 Å². The molecule has 1 atom stereocenters. The van der Waals surface area contributed by atoms with Crippen LogP contribution in [0.25, 0.3) is 0 Å². The summed E-state index contributed by atoms with van der Waals surface area (Å²) in [5.74, 6) is -1.80. The summed E-state index contributed by atoms with van der Waals surface area (Å²) in [4.78, 5) is 37.0. The summed E-state index contributed by atoms with van der Waals surface area (Å²) in [5.41, 5.74) is -1.11. The molecule has 2 rings (SSSR count). The zero-order valence-electron chi connectivity index (χ0n) is 13.1. The standard InChI is InChI=1S/C16H20N2O4/c1-5-10-6-8-11(9-7-10)16(4)12(19)18(14(22)17-16)15(2,3)13(20)21/h6-9H,5H2,1-4H3,(H,17,22)(H,20,21). The average molecular weight is 304 g/mol. The Balaban J connectivity index is 2.43. The van der Waals surface area contributed by atoms with E-state index in [9.17, 15) is 19.5 Å². The first kappa shape index (κ1) is 16.0. The van der Waals surface area contributed by atoms with Crippen molar-refractivity contribution in [2.75, 3.05) is 0 Å². The van der Waals surface area contributed by atoms with Crippen LogP contribution < -0.4 is 5.32 Å². The fourth-order valence-electron chi connectivity index (χ4n) is 2.51. The van der Waals surface area contributed by atoms with Gasteiger partial charge in [0, 0.05) is 0 Å². The Morgan fingerprint density at radius 1 is 1.27 bits per heavy atom. The number of rotatable bonds is 4. The molecule has 6 nitrogen and oxygen atoms in total. The van der Waals surface area contributed by atoms with E-state index < -0.39 is 29.0 Å². The van der Waals surface area contributed by atoms with Gasteiger partial charge in [0.05, 0.1) is 0 Å². The summed E-state index contributed by atoms with van der Waals surface area (Å²) in [7, 11) is 0. The number of aliphatic carboxylic acids is 1. The number of hydrogen-bond donors (Lipinski definition) is 2. The van der Waals surface area contributed by atoms with Gasteiger partial charge >= 0.3 is 12.0 Å². The Labute approximate surface area is 129 Å². The van der Waals surface area contributed by atoms with Crippen LogP contribution in [0.15, 0.2) is 24.3 Å². The van der Waals surface area contributed by atoms with Crippen LogP contribution >= 0.6 is 0 Å². The number of carboxylic acid groups (broad SMARTS) is 1. The number of urea groups is 1. The minimum atomic E-state index is -1.61. The van der Waals surface area contributed by atoms with Gasteiger partial charge in [0.25, 0.3) is 5.91 Å². The first-order valence-electron chi connectivity index (χ1n) is 7.14. The Morgan fingerprint density at radius 2 is 1.82 bits per heavy atom. The van der Waals surface area contributed by atoms with Crippen LogP contribution in [0.3, 0.4) is 0 Å². The highest BCUT2D eigenvalue weighted by Crippen LogP contribution is 2.33. The van der Waals surface area contributed by atoms with Gasteiger partial charge in [-0.15, -0.1) is 0 Å². The fourth-order valence-corrected chi connectivity index (χ4v) is 2.51. The van der Waals surface area contributed by atoms with Crippen molar-refractivity contribution in [1.82, 2.24) is 10.2 Å². The first-order chi connectivity index (χ1) is 10.1. The Bertz CT molecular complexity index is 636. The summed E-state index contributed by atoms with van der Waals surface area (Å²) in [6, 6.07) is 6.66. The van der Waals surface area contributed by atoms with Crippen LogP contribution in [-0.4, -0.2) is 33.5 Å². The third-order valence-electron chi connectivity index (χ3n) is 4.21. The third-order valence-corrected chi connectivity index (χ3v) is 4.21. The molecule has 0 radical (unpaired) electrons. The molecule has 1 aromatic rings. The molecule has 1 fully saturated rings. The molecule has 0 aliphatic carbocycles. The number of hydrogen-bond acceptors (Lipinski definition) is 3. The van der Waals surface area contributed by atoms with E-state index in [0.29, 0.717) is 5.56 Å². The van der Waals surface area contributed by atoms with Gasteiger partial charge in [0.15, 0.2) is 0 Å². The molecule has 22 heavy (non-hydrogen) atoms. The molecule has 1 aliphatic heterocycles. The molecule has 1 unspecified atom stereocenters. The lowest BCUT2D eigenvalue weighted by Crippen LogP contribution is -2.54. The zero-order valence-corrected chi connectivity index (χ0v) is 13.1. The van der Waals surface area contributed by atoms with Crippen molar-refractivity contribution >= 4 is 17.9 Å². The van der Waals surface area contributed by atoms with Crippen molar-refractivity contribution in [3.8, 4) is 0 Å². The summed E-state index contributed by atoms with van der Waals surface area (Å²) < 4.78 is 0. The number of aryl methyl sites for hydroxylation is 1. The lowest BCUT2D eigenvalue weighted by atomic mass is 9.90. The van der Waals surface area contributed by atoms with Gasteiger partial charge < -0.3 is 10.4 Å². The van der Waals surface area contributed by atoms with Crippen molar-refractivity contribution < 1.29 is 19.5 Å². The van der Waals surface area contributed by atoms with Gasteiger partial charge in [0.2, 0.25) is 0 Å². The van der Waals surface area contributed by atoms with Gasteiger partial charge in [-0.25, -0.2) is 14.5 Å². The van der Waals surface area contributed by atoms with E-state index in [0.717, 1.165) is 16.9 Å². The first-order valence-corrected chi connectivity index (χ1v) is 7.14. The average Bonchev–Trinajstić information content (AvgIpc) is 2.70. The number of carbonyl (C=O) groups is 3. The largest absolute Gasteiger partial charge is 0.480 e. The van der Waals surface area contributed by atoms with E-state index >= 15 is 0 Å². The van der Waals surface area contributed by atoms with Gasteiger partial charge in [0.1, 0.15) is 11.1 Å². The van der Waals surface area contributed by atoms with Crippen molar-refractivity contribution in [2.24, 2.45) is 0 Å². The lowest BCUT2D eigenvalue weighted by molar-refractivity contribution is -0.153. The second-order valence-corrected chi connectivity index (χ2v) is 6.11. The maximum atomic E-state index is 12.7. The number of benzene rings is 1. The highest BCUT2D eigenvalue weighted by atomic mass is 16.4. The Kier molecular flexibility index (Phi) is 3.73. The predicted octanol–water partition coefficient (Wildman–Crippen LogP) is 1.88. The number of nitrogens with one attached hydrogen (secondary N) is 1. The molecule has 6 heteroatoms. The van der Waals surface area contributed by atoms with Gasteiger partial charge in [-0.1, -0.05) is 31.2 Å². The molecule has 1 aromatic carbocycles. The van der Waals surface area contributed by atoms with Gasteiger partial charge in [-0.05, 0) is 38.3 Å². The van der Waals surface area contributed by atoms with Crippen molar-refractivity contribution in [1.29, 1.82) is 0 Å². The molecular formula is C16H20N2O4. The fraction of sp³-hybridized carbons (Fsp3) is 0.438. The predicted molar refractivity (Wildman–Crippen MR) is 80.3 cm³/mol. The monoisotopic (exact) mass is 304 g/mol. The molecule has 1 heterocycles. The van der Waals surface area contributed by atoms with Gasteiger partial charge in [-0.2, -0.15) is 0 Å². The van der Waals surface area contributed by atoms with Crippen LogP contribution in [0.2, 0.25) is 0 Å². The second kappa shape index (κ2) is 5.12. The van der Waals surface area contributed by atoms with Crippen molar-refractivity contribution in [3.63, 3.8) is 0 Å². The van der Waals surface area contributed by atoms with Crippen molar-refractivity contribution in [2.45, 2.75) is 45.2 Å². The molecule has 0 saturated carbocycles. The quantitative estimate of drug-likeness (QED) is 0.832. The number of nitrogens with zero attached hydrogens (tertiary/aromatic N) is 1. The van der Waals surface area contributed by atoms with Crippen LogP contribution in [0.4, 0.5) is 4.79 Å². The number of carboxylic acids is 1.